The van der Waals surface area contributed by atoms with Gasteiger partial charge in [-0.1, -0.05) is 13.8 Å². The molecule has 0 heterocycles. The number of alkyl halides is 3. The standard InChI is InChI=1S/C14H20F4N2/c1-3-11(4-2)20(8-7-19)13-6-5-10(9-12(13)15)14(16,17)18/h5-6,9,11H,3-4,7-8,19H2,1-2H3. The molecule has 0 saturated carbocycles. The molecule has 1 aromatic rings. The molecule has 0 fully saturated rings. The van der Waals surface area contributed by atoms with Crippen LogP contribution in [0.4, 0.5) is 23.2 Å². The third-order valence-electron chi connectivity index (χ3n) is 3.34. The SMILES string of the molecule is CCC(CC)N(CCN)c1ccc(C(F)(F)F)cc1F. The zero-order chi connectivity index (χ0) is 15.3. The molecule has 0 unspecified atom stereocenters. The number of nitrogens with zero attached hydrogens (tertiary/aromatic N) is 1. The van der Waals surface area contributed by atoms with E-state index in [1.54, 1.807) is 4.90 Å². The van der Waals surface area contributed by atoms with Crippen LogP contribution < -0.4 is 10.6 Å². The van der Waals surface area contributed by atoms with Crippen molar-refractivity contribution in [3.63, 3.8) is 0 Å². The Hall–Kier alpha value is -1.30. The number of hydrogen-bond donors (Lipinski definition) is 1. The number of hydrogen-bond acceptors (Lipinski definition) is 2. The summed E-state index contributed by atoms with van der Waals surface area (Å²) in [5.74, 6) is -0.861. The summed E-state index contributed by atoms with van der Waals surface area (Å²) in [4.78, 5) is 1.75. The highest BCUT2D eigenvalue weighted by atomic mass is 19.4. The molecule has 0 aliphatic carbocycles. The Balaban J connectivity index is 3.15. The van der Waals surface area contributed by atoms with E-state index in [0.717, 1.165) is 18.9 Å². The van der Waals surface area contributed by atoms with Gasteiger partial charge >= 0.3 is 6.18 Å². The van der Waals surface area contributed by atoms with E-state index in [4.69, 9.17) is 5.73 Å². The van der Waals surface area contributed by atoms with Gasteiger partial charge in [-0.15, -0.1) is 0 Å². The number of rotatable bonds is 6. The first-order valence-electron chi connectivity index (χ1n) is 6.68. The molecule has 0 amide bonds. The fourth-order valence-corrected chi connectivity index (χ4v) is 2.28. The topological polar surface area (TPSA) is 29.3 Å². The molecule has 20 heavy (non-hydrogen) atoms. The van der Waals surface area contributed by atoms with Crippen molar-refractivity contribution in [3.05, 3.63) is 29.6 Å². The van der Waals surface area contributed by atoms with Gasteiger partial charge in [-0.3, -0.25) is 0 Å². The Labute approximate surface area is 116 Å². The fraction of sp³-hybridized carbons (Fsp3) is 0.571. The van der Waals surface area contributed by atoms with Crippen LogP contribution in [-0.4, -0.2) is 19.1 Å². The minimum atomic E-state index is -4.53. The van der Waals surface area contributed by atoms with Gasteiger partial charge in [-0.25, -0.2) is 4.39 Å². The predicted molar refractivity (Wildman–Crippen MR) is 72.2 cm³/mol. The van der Waals surface area contributed by atoms with Gasteiger partial charge in [0.1, 0.15) is 5.82 Å². The molecule has 1 rings (SSSR count). The quantitative estimate of drug-likeness (QED) is 0.808. The minimum Gasteiger partial charge on any atom is -0.365 e. The molecule has 114 valence electrons. The lowest BCUT2D eigenvalue weighted by molar-refractivity contribution is -0.137. The van der Waals surface area contributed by atoms with Crippen LogP contribution in [0, 0.1) is 5.82 Å². The number of anilines is 1. The Morgan fingerprint density at radius 2 is 1.80 bits per heavy atom. The van der Waals surface area contributed by atoms with Crippen LogP contribution in [0.3, 0.4) is 0 Å². The fourth-order valence-electron chi connectivity index (χ4n) is 2.28. The van der Waals surface area contributed by atoms with Crippen LogP contribution in [-0.2, 0) is 6.18 Å². The van der Waals surface area contributed by atoms with Gasteiger partial charge < -0.3 is 10.6 Å². The molecule has 0 bridgehead atoms. The Bertz CT molecular complexity index is 428. The third kappa shape index (κ3) is 3.85. The highest BCUT2D eigenvalue weighted by Gasteiger charge is 2.32. The molecule has 0 aromatic heterocycles. The molecule has 0 aliphatic rings. The molecule has 2 nitrogen and oxygen atoms in total. The van der Waals surface area contributed by atoms with Crippen molar-refractivity contribution >= 4 is 5.69 Å². The van der Waals surface area contributed by atoms with Gasteiger partial charge in [0, 0.05) is 19.1 Å². The second kappa shape index (κ2) is 6.92. The lowest BCUT2D eigenvalue weighted by Gasteiger charge is -2.32. The number of nitrogens with two attached hydrogens (primary N) is 1. The summed E-state index contributed by atoms with van der Waals surface area (Å²) in [6.45, 7) is 4.64. The van der Waals surface area contributed by atoms with Crippen molar-refractivity contribution < 1.29 is 17.6 Å². The normalized spacial score (nSPS) is 12.0. The summed E-state index contributed by atoms with van der Waals surface area (Å²) in [6.07, 6.45) is -2.99. The zero-order valence-electron chi connectivity index (χ0n) is 11.7. The largest absolute Gasteiger partial charge is 0.416 e. The molecule has 0 atom stereocenters. The first-order chi connectivity index (χ1) is 9.35. The molecule has 0 spiro atoms. The van der Waals surface area contributed by atoms with E-state index in [1.165, 1.54) is 6.07 Å². The average Bonchev–Trinajstić information content (AvgIpc) is 2.38. The lowest BCUT2D eigenvalue weighted by Crippen LogP contribution is -2.39. The van der Waals surface area contributed by atoms with E-state index in [1.807, 2.05) is 13.8 Å². The Kier molecular flexibility index (Phi) is 5.80. The van der Waals surface area contributed by atoms with Crippen LogP contribution >= 0.6 is 0 Å². The first kappa shape index (κ1) is 16.8. The maximum absolute atomic E-state index is 14.0. The first-order valence-corrected chi connectivity index (χ1v) is 6.68. The molecule has 6 heteroatoms. The van der Waals surface area contributed by atoms with Crippen LogP contribution in [0.2, 0.25) is 0 Å². The smallest absolute Gasteiger partial charge is 0.365 e. The molecular weight excluding hydrogens is 272 g/mol. The summed E-state index contributed by atoms with van der Waals surface area (Å²) >= 11 is 0. The summed E-state index contributed by atoms with van der Waals surface area (Å²) in [5, 5.41) is 0. The van der Waals surface area contributed by atoms with Gasteiger partial charge in [0.2, 0.25) is 0 Å². The van der Waals surface area contributed by atoms with Crippen molar-refractivity contribution in [1.29, 1.82) is 0 Å². The van der Waals surface area contributed by atoms with Crippen molar-refractivity contribution in [2.45, 2.75) is 38.9 Å². The maximum Gasteiger partial charge on any atom is 0.416 e. The predicted octanol–water partition coefficient (Wildman–Crippen LogP) is 3.80. The molecule has 0 saturated heterocycles. The molecular formula is C14H20F4N2. The van der Waals surface area contributed by atoms with Gasteiger partial charge in [0.25, 0.3) is 0 Å². The van der Waals surface area contributed by atoms with Crippen molar-refractivity contribution in [2.75, 3.05) is 18.0 Å². The van der Waals surface area contributed by atoms with E-state index >= 15 is 0 Å². The molecule has 0 aliphatic heterocycles. The van der Waals surface area contributed by atoms with Gasteiger partial charge in [0.15, 0.2) is 0 Å². The van der Waals surface area contributed by atoms with Crippen molar-refractivity contribution in [1.82, 2.24) is 0 Å². The Morgan fingerprint density at radius 3 is 2.20 bits per heavy atom. The molecule has 0 radical (unpaired) electrons. The maximum atomic E-state index is 14.0. The monoisotopic (exact) mass is 292 g/mol. The second-order valence-corrected chi connectivity index (χ2v) is 4.62. The van der Waals surface area contributed by atoms with Gasteiger partial charge in [0.05, 0.1) is 11.3 Å². The highest BCUT2D eigenvalue weighted by molar-refractivity contribution is 5.50. The van der Waals surface area contributed by atoms with Gasteiger partial charge in [-0.2, -0.15) is 13.2 Å². The zero-order valence-corrected chi connectivity index (χ0v) is 11.7. The van der Waals surface area contributed by atoms with Crippen LogP contribution in [0.5, 0.6) is 0 Å². The average molecular weight is 292 g/mol. The summed E-state index contributed by atoms with van der Waals surface area (Å²) in [7, 11) is 0. The number of benzene rings is 1. The molecule has 2 N–H and O–H groups in total. The lowest BCUT2D eigenvalue weighted by atomic mass is 10.1. The summed E-state index contributed by atoms with van der Waals surface area (Å²) in [6, 6.07) is 2.70. The second-order valence-electron chi connectivity index (χ2n) is 4.62. The summed E-state index contributed by atoms with van der Waals surface area (Å²) < 4.78 is 51.6. The van der Waals surface area contributed by atoms with Crippen LogP contribution in [0.15, 0.2) is 18.2 Å². The van der Waals surface area contributed by atoms with E-state index in [9.17, 15) is 17.6 Å². The van der Waals surface area contributed by atoms with E-state index in [-0.39, 0.29) is 11.7 Å². The van der Waals surface area contributed by atoms with E-state index < -0.39 is 17.6 Å². The van der Waals surface area contributed by atoms with Crippen LogP contribution in [0.25, 0.3) is 0 Å². The minimum absolute atomic E-state index is 0.0600. The van der Waals surface area contributed by atoms with E-state index in [0.29, 0.717) is 19.2 Å². The Morgan fingerprint density at radius 1 is 1.20 bits per heavy atom. The van der Waals surface area contributed by atoms with E-state index in [2.05, 4.69) is 0 Å². The summed E-state index contributed by atoms with van der Waals surface area (Å²) in [5.41, 5.74) is 4.72. The highest BCUT2D eigenvalue weighted by Crippen LogP contribution is 2.33. The molecule has 1 aromatic carbocycles. The van der Waals surface area contributed by atoms with Crippen LogP contribution in [0.1, 0.15) is 32.3 Å². The third-order valence-corrected chi connectivity index (χ3v) is 3.34. The number of halogens is 4. The van der Waals surface area contributed by atoms with Gasteiger partial charge in [-0.05, 0) is 31.0 Å². The van der Waals surface area contributed by atoms with Crippen molar-refractivity contribution in [3.8, 4) is 0 Å². The van der Waals surface area contributed by atoms with Crippen molar-refractivity contribution in [2.24, 2.45) is 5.73 Å².